The quantitative estimate of drug-likeness (QED) is 0.758. The molecule has 0 saturated heterocycles. The molecular weight excluding hydrogens is 190 g/mol. The smallest absolute Gasteiger partial charge is 0.148 e. The highest BCUT2D eigenvalue weighted by Crippen LogP contribution is 2.03. The Morgan fingerprint density at radius 1 is 1.62 bits per heavy atom. The van der Waals surface area contributed by atoms with Crippen LogP contribution in [0.5, 0.6) is 0 Å². The second-order valence-electron chi connectivity index (χ2n) is 3.14. The van der Waals surface area contributed by atoms with Crippen molar-refractivity contribution >= 4 is 9.84 Å². The predicted molar refractivity (Wildman–Crippen MR) is 50.1 cm³/mol. The molecule has 0 bridgehead atoms. The van der Waals surface area contributed by atoms with Crippen molar-refractivity contribution in [3.05, 3.63) is 24.2 Å². The number of furan rings is 1. The van der Waals surface area contributed by atoms with E-state index in [1.807, 2.05) is 0 Å². The molecule has 1 heterocycles. The van der Waals surface area contributed by atoms with Gasteiger partial charge >= 0.3 is 0 Å². The van der Waals surface area contributed by atoms with Crippen LogP contribution in [0.3, 0.4) is 0 Å². The molecule has 1 aromatic heterocycles. The van der Waals surface area contributed by atoms with Crippen LogP contribution in [0.1, 0.15) is 5.76 Å². The molecule has 1 atom stereocenters. The zero-order valence-electron chi connectivity index (χ0n) is 7.43. The van der Waals surface area contributed by atoms with Crippen molar-refractivity contribution in [2.75, 3.05) is 12.0 Å². The maximum Gasteiger partial charge on any atom is 0.148 e. The Labute approximate surface area is 77.7 Å². The summed E-state index contributed by atoms with van der Waals surface area (Å²) in [5, 5.41) is 0. The Hall–Kier alpha value is -0.810. The molecule has 0 saturated carbocycles. The average Bonchev–Trinajstić information content (AvgIpc) is 2.34. The molecule has 0 aliphatic heterocycles. The average molecular weight is 203 g/mol. The van der Waals surface area contributed by atoms with Crippen molar-refractivity contribution in [1.29, 1.82) is 0 Å². The van der Waals surface area contributed by atoms with Gasteiger partial charge in [0, 0.05) is 18.7 Å². The molecule has 0 aromatic carbocycles. The van der Waals surface area contributed by atoms with Crippen LogP contribution in [0.2, 0.25) is 0 Å². The summed E-state index contributed by atoms with van der Waals surface area (Å²) < 4.78 is 26.8. The molecule has 5 heteroatoms. The minimum Gasteiger partial charge on any atom is -0.469 e. The first-order valence-corrected chi connectivity index (χ1v) is 5.99. The van der Waals surface area contributed by atoms with E-state index < -0.39 is 9.84 Å². The van der Waals surface area contributed by atoms with Gasteiger partial charge < -0.3 is 10.2 Å². The van der Waals surface area contributed by atoms with Gasteiger partial charge in [0.25, 0.3) is 0 Å². The molecule has 1 aromatic rings. The van der Waals surface area contributed by atoms with Gasteiger partial charge in [0.05, 0.1) is 12.0 Å². The third-order valence-electron chi connectivity index (χ3n) is 1.56. The summed E-state index contributed by atoms with van der Waals surface area (Å²) >= 11 is 0. The lowest BCUT2D eigenvalue weighted by Gasteiger charge is -2.07. The predicted octanol–water partition coefficient (Wildman–Crippen LogP) is 0.194. The van der Waals surface area contributed by atoms with Crippen molar-refractivity contribution in [1.82, 2.24) is 0 Å². The highest BCUT2D eigenvalue weighted by atomic mass is 32.2. The summed E-state index contributed by atoms with van der Waals surface area (Å²) in [7, 11) is -2.99. The number of rotatable bonds is 4. The van der Waals surface area contributed by atoms with Gasteiger partial charge in [-0.2, -0.15) is 0 Å². The molecule has 1 rings (SSSR count). The van der Waals surface area contributed by atoms with Gasteiger partial charge in [-0.1, -0.05) is 0 Å². The van der Waals surface area contributed by atoms with E-state index >= 15 is 0 Å². The van der Waals surface area contributed by atoms with Crippen LogP contribution in [0.4, 0.5) is 0 Å². The fourth-order valence-electron chi connectivity index (χ4n) is 1.13. The molecule has 0 fully saturated rings. The molecule has 0 aliphatic carbocycles. The largest absolute Gasteiger partial charge is 0.469 e. The Balaban J connectivity index is 2.47. The Morgan fingerprint density at radius 3 is 2.77 bits per heavy atom. The monoisotopic (exact) mass is 203 g/mol. The van der Waals surface area contributed by atoms with Gasteiger partial charge in [0.1, 0.15) is 15.6 Å². The van der Waals surface area contributed by atoms with Crippen LogP contribution in [0.15, 0.2) is 22.8 Å². The van der Waals surface area contributed by atoms with Gasteiger partial charge in [-0.25, -0.2) is 8.42 Å². The van der Waals surface area contributed by atoms with E-state index in [4.69, 9.17) is 10.2 Å². The lowest BCUT2D eigenvalue weighted by molar-refractivity contribution is 0.491. The van der Waals surface area contributed by atoms with Gasteiger partial charge in [-0.3, -0.25) is 0 Å². The molecule has 0 spiro atoms. The molecule has 0 amide bonds. The standard InChI is InChI=1S/C8H13NO3S/c1-13(10,11)6-7(9)5-8-3-2-4-12-8/h2-4,7H,5-6,9H2,1H3. The van der Waals surface area contributed by atoms with Crippen molar-refractivity contribution < 1.29 is 12.8 Å². The first-order valence-electron chi connectivity index (χ1n) is 3.93. The van der Waals surface area contributed by atoms with Crippen LogP contribution in [-0.4, -0.2) is 26.5 Å². The van der Waals surface area contributed by atoms with Crippen LogP contribution in [-0.2, 0) is 16.3 Å². The van der Waals surface area contributed by atoms with Gasteiger partial charge in [-0.05, 0) is 12.1 Å². The fourth-order valence-corrected chi connectivity index (χ4v) is 2.03. The molecule has 1 unspecified atom stereocenters. The number of hydrogen-bond acceptors (Lipinski definition) is 4. The minimum absolute atomic E-state index is 0.00625. The second kappa shape index (κ2) is 3.93. The highest BCUT2D eigenvalue weighted by Gasteiger charge is 2.12. The van der Waals surface area contributed by atoms with Crippen molar-refractivity contribution in [3.63, 3.8) is 0 Å². The first kappa shape index (κ1) is 10.3. The van der Waals surface area contributed by atoms with Gasteiger partial charge in [0.2, 0.25) is 0 Å². The highest BCUT2D eigenvalue weighted by molar-refractivity contribution is 7.90. The zero-order valence-corrected chi connectivity index (χ0v) is 8.25. The normalized spacial score (nSPS) is 14.3. The minimum atomic E-state index is -2.99. The number of hydrogen-bond donors (Lipinski definition) is 1. The molecule has 2 N–H and O–H groups in total. The molecule has 74 valence electrons. The van der Waals surface area contributed by atoms with Crippen molar-refractivity contribution in [2.45, 2.75) is 12.5 Å². The summed E-state index contributed by atoms with van der Waals surface area (Å²) in [5.74, 6) is 0.712. The fraction of sp³-hybridized carbons (Fsp3) is 0.500. The summed E-state index contributed by atoms with van der Waals surface area (Å²) in [5.41, 5.74) is 5.61. The van der Waals surface area contributed by atoms with Gasteiger partial charge in [0.15, 0.2) is 0 Å². The maximum atomic E-state index is 10.9. The SMILES string of the molecule is CS(=O)(=O)CC(N)Cc1ccco1. The molecule has 4 nitrogen and oxygen atoms in total. The number of nitrogens with two attached hydrogens (primary N) is 1. The van der Waals surface area contributed by atoms with Crippen LogP contribution in [0.25, 0.3) is 0 Å². The van der Waals surface area contributed by atoms with Gasteiger partial charge in [-0.15, -0.1) is 0 Å². The third-order valence-corrected chi connectivity index (χ3v) is 2.59. The van der Waals surface area contributed by atoms with E-state index in [9.17, 15) is 8.42 Å². The molecule has 13 heavy (non-hydrogen) atoms. The molecule has 0 radical (unpaired) electrons. The van der Waals surface area contributed by atoms with Crippen LogP contribution in [0, 0.1) is 0 Å². The van der Waals surface area contributed by atoms with Crippen molar-refractivity contribution in [2.24, 2.45) is 5.73 Å². The van der Waals surface area contributed by atoms with E-state index in [-0.39, 0.29) is 11.8 Å². The lowest BCUT2D eigenvalue weighted by atomic mass is 10.2. The second-order valence-corrected chi connectivity index (χ2v) is 5.32. The van der Waals surface area contributed by atoms with Crippen LogP contribution >= 0.6 is 0 Å². The third kappa shape index (κ3) is 4.10. The summed E-state index contributed by atoms with van der Waals surface area (Å²) in [6, 6.07) is 3.14. The number of sulfone groups is 1. The van der Waals surface area contributed by atoms with Crippen LogP contribution < -0.4 is 5.73 Å². The zero-order chi connectivity index (χ0) is 9.90. The van der Waals surface area contributed by atoms with E-state index in [2.05, 4.69) is 0 Å². The maximum absolute atomic E-state index is 10.9. The Bertz CT molecular complexity index is 341. The Morgan fingerprint density at radius 2 is 2.31 bits per heavy atom. The summed E-state index contributed by atoms with van der Waals surface area (Å²) in [4.78, 5) is 0. The first-order chi connectivity index (χ1) is 5.97. The Kier molecular flexibility index (Phi) is 3.11. The summed E-state index contributed by atoms with van der Waals surface area (Å²) in [6.45, 7) is 0. The van der Waals surface area contributed by atoms with E-state index in [0.29, 0.717) is 6.42 Å². The molecular formula is C8H13NO3S. The van der Waals surface area contributed by atoms with E-state index in [1.54, 1.807) is 18.4 Å². The van der Waals surface area contributed by atoms with E-state index in [1.165, 1.54) is 6.26 Å². The molecule has 0 aliphatic rings. The van der Waals surface area contributed by atoms with Crippen molar-refractivity contribution in [3.8, 4) is 0 Å². The topological polar surface area (TPSA) is 73.3 Å². The lowest BCUT2D eigenvalue weighted by Crippen LogP contribution is -2.31. The van der Waals surface area contributed by atoms with E-state index in [0.717, 1.165) is 5.76 Å². The summed E-state index contributed by atoms with van der Waals surface area (Å²) in [6.07, 6.45) is 3.18.